The number of carbonyl (C=O) groups excluding carboxylic acids is 1. The molecule has 2 aromatic rings. The maximum atomic E-state index is 12.4. The molecule has 2 amide bonds. The summed E-state index contributed by atoms with van der Waals surface area (Å²) >= 11 is 0. The van der Waals surface area contributed by atoms with E-state index < -0.39 is 5.97 Å². The summed E-state index contributed by atoms with van der Waals surface area (Å²) in [5.41, 5.74) is 1.16. The molecule has 5 nitrogen and oxygen atoms in total. The Morgan fingerprint density at radius 2 is 1.96 bits per heavy atom. The zero-order chi connectivity index (χ0) is 16.2. The number of carbonyl (C=O) groups is 2. The number of likely N-dealkylation sites (tertiary alicyclic amines) is 1. The second-order valence-corrected chi connectivity index (χ2v) is 5.80. The van der Waals surface area contributed by atoms with Crippen LogP contribution in [0.15, 0.2) is 42.5 Å². The maximum absolute atomic E-state index is 12.4. The van der Waals surface area contributed by atoms with Crippen molar-refractivity contribution in [2.75, 3.05) is 13.1 Å². The van der Waals surface area contributed by atoms with Gasteiger partial charge in [-0.25, -0.2) is 4.79 Å². The van der Waals surface area contributed by atoms with Gasteiger partial charge in [0.1, 0.15) is 0 Å². The number of aliphatic carboxylic acids is 1. The van der Waals surface area contributed by atoms with Gasteiger partial charge in [0.2, 0.25) is 0 Å². The minimum absolute atomic E-state index is 0.0472. The van der Waals surface area contributed by atoms with E-state index in [0.29, 0.717) is 6.54 Å². The van der Waals surface area contributed by atoms with Gasteiger partial charge in [0.25, 0.3) is 0 Å². The Hall–Kier alpha value is -2.56. The van der Waals surface area contributed by atoms with Crippen LogP contribution in [0.4, 0.5) is 4.79 Å². The Bertz CT molecular complexity index is 724. The highest BCUT2D eigenvalue weighted by atomic mass is 16.4. The van der Waals surface area contributed by atoms with Gasteiger partial charge in [0.15, 0.2) is 0 Å². The number of hydrogen-bond donors (Lipinski definition) is 2. The monoisotopic (exact) mass is 312 g/mol. The topological polar surface area (TPSA) is 69.6 Å². The molecule has 3 rings (SSSR count). The lowest BCUT2D eigenvalue weighted by molar-refractivity contribution is -0.136. The van der Waals surface area contributed by atoms with E-state index in [1.165, 1.54) is 10.8 Å². The van der Waals surface area contributed by atoms with Crippen LogP contribution in [0.3, 0.4) is 0 Å². The molecule has 2 N–H and O–H groups in total. The summed E-state index contributed by atoms with van der Waals surface area (Å²) < 4.78 is 0. The van der Waals surface area contributed by atoms with E-state index in [0.717, 1.165) is 18.4 Å². The van der Waals surface area contributed by atoms with Gasteiger partial charge in [-0.15, -0.1) is 0 Å². The van der Waals surface area contributed by atoms with Crippen molar-refractivity contribution < 1.29 is 14.7 Å². The molecule has 5 heteroatoms. The summed E-state index contributed by atoms with van der Waals surface area (Å²) in [6.45, 7) is 0.861. The predicted molar refractivity (Wildman–Crippen MR) is 88.3 cm³/mol. The lowest BCUT2D eigenvalue weighted by Gasteiger charge is -2.26. The van der Waals surface area contributed by atoms with Crippen LogP contribution in [0.5, 0.6) is 0 Å². The van der Waals surface area contributed by atoms with Crippen LogP contribution >= 0.6 is 0 Å². The normalized spacial score (nSPS) is 17.4. The highest BCUT2D eigenvalue weighted by molar-refractivity contribution is 5.87. The number of carboxylic acid groups (broad SMARTS) is 1. The fraction of sp³-hybridized carbons (Fsp3) is 0.333. The van der Waals surface area contributed by atoms with Crippen LogP contribution in [-0.2, 0) is 4.79 Å². The molecule has 120 valence electrons. The van der Waals surface area contributed by atoms with Gasteiger partial charge in [-0.1, -0.05) is 42.5 Å². The zero-order valence-corrected chi connectivity index (χ0v) is 12.9. The Morgan fingerprint density at radius 3 is 2.78 bits per heavy atom. The lowest BCUT2D eigenvalue weighted by atomic mass is 9.97. The van der Waals surface area contributed by atoms with Crippen molar-refractivity contribution in [2.45, 2.75) is 25.3 Å². The molecule has 1 unspecified atom stereocenters. The Kier molecular flexibility index (Phi) is 4.46. The van der Waals surface area contributed by atoms with Crippen LogP contribution in [0.25, 0.3) is 10.8 Å². The van der Waals surface area contributed by atoms with Crippen molar-refractivity contribution >= 4 is 22.8 Å². The van der Waals surface area contributed by atoms with Crippen LogP contribution in [0.1, 0.15) is 30.9 Å². The van der Waals surface area contributed by atoms with Crippen LogP contribution in [0.2, 0.25) is 0 Å². The van der Waals surface area contributed by atoms with Crippen molar-refractivity contribution in [3.63, 3.8) is 0 Å². The van der Waals surface area contributed by atoms with Gasteiger partial charge >= 0.3 is 12.0 Å². The molecule has 1 fully saturated rings. The van der Waals surface area contributed by atoms with E-state index in [9.17, 15) is 9.59 Å². The smallest absolute Gasteiger partial charge is 0.317 e. The third-order valence-corrected chi connectivity index (χ3v) is 4.31. The Morgan fingerprint density at radius 1 is 1.17 bits per heavy atom. The molecule has 0 bridgehead atoms. The van der Waals surface area contributed by atoms with E-state index in [-0.39, 0.29) is 25.0 Å². The lowest BCUT2D eigenvalue weighted by Crippen LogP contribution is -2.40. The molecule has 1 saturated heterocycles. The number of amides is 2. The summed E-state index contributed by atoms with van der Waals surface area (Å²) in [6, 6.07) is 14.2. The highest BCUT2D eigenvalue weighted by Gasteiger charge is 2.30. The van der Waals surface area contributed by atoms with E-state index >= 15 is 0 Å². The van der Waals surface area contributed by atoms with Crippen LogP contribution in [-0.4, -0.2) is 35.1 Å². The standard InChI is InChI=1S/C18H20N2O3/c21-17(22)10-11-19-18(23)20-12-4-9-16(20)15-8-3-6-13-5-1-2-7-14(13)15/h1-3,5-8,16H,4,9-12H2,(H,19,23)(H,21,22). The van der Waals surface area contributed by atoms with Gasteiger partial charge in [0, 0.05) is 13.1 Å². The third kappa shape index (κ3) is 3.28. The molecule has 1 heterocycles. The van der Waals surface area contributed by atoms with E-state index in [2.05, 4.69) is 29.6 Å². The van der Waals surface area contributed by atoms with E-state index in [1.54, 1.807) is 0 Å². The molecule has 1 atom stereocenters. The number of hydrogen-bond acceptors (Lipinski definition) is 2. The molecule has 0 spiro atoms. The van der Waals surface area contributed by atoms with Gasteiger partial charge in [0.05, 0.1) is 12.5 Å². The molecular formula is C18H20N2O3. The minimum Gasteiger partial charge on any atom is -0.481 e. The number of rotatable bonds is 4. The summed E-state index contributed by atoms with van der Waals surface area (Å²) in [6.07, 6.45) is 1.83. The van der Waals surface area contributed by atoms with Crippen molar-refractivity contribution in [3.05, 3.63) is 48.0 Å². The van der Waals surface area contributed by atoms with Crippen molar-refractivity contribution in [1.82, 2.24) is 10.2 Å². The summed E-state index contributed by atoms with van der Waals surface area (Å²) in [4.78, 5) is 24.8. The number of nitrogens with zero attached hydrogens (tertiary/aromatic N) is 1. The van der Waals surface area contributed by atoms with Gasteiger partial charge in [-0.05, 0) is 29.2 Å². The molecule has 0 saturated carbocycles. The first-order chi connectivity index (χ1) is 11.2. The molecule has 23 heavy (non-hydrogen) atoms. The zero-order valence-electron chi connectivity index (χ0n) is 12.9. The number of benzene rings is 2. The summed E-state index contributed by atoms with van der Waals surface area (Å²) in [5, 5.41) is 13.7. The average molecular weight is 312 g/mol. The van der Waals surface area contributed by atoms with Crippen LogP contribution in [0, 0.1) is 0 Å². The second kappa shape index (κ2) is 6.69. The van der Waals surface area contributed by atoms with Gasteiger partial charge < -0.3 is 15.3 Å². The fourth-order valence-electron chi connectivity index (χ4n) is 3.25. The third-order valence-electron chi connectivity index (χ3n) is 4.31. The van der Waals surface area contributed by atoms with E-state index in [1.807, 2.05) is 23.1 Å². The summed E-state index contributed by atoms with van der Waals surface area (Å²) in [5.74, 6) is -0.905. The Labute approximate surface area is 134 Å². The SMILES string of the molecule is O=C(O)CCNC(=O)N1CCCC1c1cccc2ccccc12. The molecule has 0 radical (unpaired) electrons. The van der Waals surface area contributed by atoms with E-state index in [4.69, 9.17) is 5.11 Å². The first kappa shape index (κ1) is 15.3. The number of urea groups is 1. The van der Waals surface area contributed by atoms with Crippen molar-refractivity contribution in [3.8, 4) is 0 Å². The highest BCUT2D eigenvalue weighted by Crippen LogP contribution is 2.35. The predicted octanol–water partition coefficient (Wildman–Crippen LogP) is 3.16. The molecule has 2 aromatic carbocycles. The molecule has 0 aliphatic carbocycles. The number of nitrogens with one attached hydrogen (secondary N) is 1. The quantitative estimate of drug-likeness (QED) is 0.911. The second-order valence-electron chi connectivity index (χ2n) is 5.80. The molecule has 0 aromatic heterocycles. The van der Waals surface area contributed by atoms with Gasteiger partial charge in [-0.2, -0.15) is 0 Å². The average Bonchev–Trinajstić information content (AvgIpc) is 3.03. The maximum Gasteiger partial charge on any atom is 0.317 e. The molecule has 1 aliphatic heterocycles. The minimum atomic E-state index is -0.905. The number of fused-ring (bicyclic) bond motifs is 1. The first-order valence-electron chi connectivity index (χ1n) is 7.91. The fourth-order valence-corrected chi connectivity index (χ4v) is 3.25. The van der Waals surface area contributed by atoms with Crippen LogP contribution < -0.4 is 5.32 Å². The largest absolute Gasteiger partial charge is 0.481 e. The van der Waals surface area contributed by atoms with Gasteiger partial charge in [-0.3, -0.25) is 4.79 Å². The molecular weight excluding hydrogens is 292 g/mol. The summed E-state index contributed by atoms with van der Waals surface area (Å²) in [7, 11) is 0. The molecule has 1 aliphatic rings. The van der Waals surface area contributed by atoms with Crippen molar-refractivity contribution in [2.24, 2.45) is 0 Å². The Balaban J connectivity index is 1.80. The van der Waals surface area contributed by atoms with Crippen molar-refractivity contribution in [1.29, 1.82) is 0 Å². The number of carboxylic acids is 1. The first-order valence-corrected chi connectivity index (χ1v) is 7.91.